The lowest BCUT2D eigenvalue weighted by atomic mass is 9.95. The van der Waals surface area contributed by atoms with Gasteiger partial charge in [0.15, 0.2) is 5.78 Å². The van der Waals surface area contributed by atoms with E-state index in [1.807, 2.05) is 0 Å². The largest absolute Gasteiger partial charge is 0.497 e. The van der Waals surface area contributed by atoms with Crippen molar-refractivity contribution in [1.29, 1.82) is 0 Å². The van der Waals surface area contributed by atoms with E-state index in [1.54, 1.807) is 56.5 Å². The number of hydrogen-bond donors (Lipinski definition) is 0. The van der Waals surface area contributed by atoms with Crippen LogP contribution in [0.5, 0.6) is 5.75 Å². The van der Waals surface area contributed by atoms with Gasteiger partial charge in [0.25, 0.3) is 5.91 Å². The fourth-order valence-corrected chi connectivity index (χ4v) is 3.90. The van der Waals surface area contributed by atoms with Crippen molar-refractivity contribution in [2.45, 2.75) is 19.9 Å². The first kappa shape index (κ1) is 19.1. The lowest BCUT2D eigenvalue weighted by Gasteiger charge is -2.23. The molecule has 2 heterocycles. The highest BCUT2D eigenvalue weighted by Crippen LogP contribution is 2.40. The fourth-order valence-electron chi connectivity index (χ4n) is 3.73. The quantitative estimate of drug-likeness (QED) is 0.722. The fraction of sp³-hybridized carbons (Fsp3) is 0.238. The molecule has 148 valence electrons. The minimum absolute atomic E-state index is 0.0753. The number of hydrazone groups is 1. The maximum absolute atomic E-state index is 13.3. The highest BCUT2D eigenvalue weighted by molar-refractivity contribution is 6.49. The summed E-state index contributed by atoms with van der Waals surface area (Å²) in [5, 5.41) is 6.23. The molecule has 0 aromatic heterocycles. The topological polar surface area (TPSA) is 79.3 Å². The summed E-state index contributed by atoms with van der Waals surface area (Å²) in [4.78, 5) is 39.9. The molecule has 2 aliphatic rings. The third-order valence-corrected chi connectivity index (χ3v) is 5.64. The summed E-state index contributed by atoms with van der Waals surface area (Å²) in [6, 6.07) is 11.0. The summed E-state index contributed by atoms with van der Waals surface area (Å²) in [7, 11) is 1.55. The molecule has 2 aromatic rings. The first-order chi connectivity index (χ1) is 13.8. The summed E-state index contributed by atoms with van der Waals surface area (Å²) in [5.74, 6) is -1.58. The molecule has 2 aromatic carbocycles. The third-order valence-electron chi connectivity index (χ3n) is 5.23. The van der Waals surface area contributed by atoms with Crippen molar-refractivity contribution in [2.24, 2.45) is 11.0 Å². The number of ether oxygens (including phenoxy) is 1. The molecule has 2 aliphatic heterocycles. The number of benzene rings is 2. The second-order valence-electron chi connectivity index (χ2n) is 6.90. The van der Waals surface area contributed by atoms with E-state index in [-0.39, 0.29) is 11.5 Å². The van der Waals surface area contributed by atoms with Gasteiger partial charge in [-0.25, -0.2) is 4.90 Å². The van der Waals surface area contributed by atoms with Crippen LogP contribution < -0.4 is 14.6 Å². The van der Waals surface area contributed by atoms with Crippen LogP contribution in [0, 0.1) is 12.8 Å². The number of rotatable bonds is 4. The molecule has 1 fully saturated rings. The average molecular weight is 412 g/mol. The summed E-state index contributed by atoms with van der Waals surface area (Å²) in [5.41, 5.74) is 1.70. The lowest BCUT2D eigenvalue weighted by Crippen LogP contribution is -2.39. The van der Waals surface area contributed by atoms with Crippen molar-refractivity contribution in [3.63, 3.8) is 0 Å². The van der Waals surface area contributed by atoms with E-state index in [0.717, 1.165) is 4.90 Å². The molecule has 0 aliphatic carbocycles. The number of Topliss-reactive ketones (excluding diaryl/α,β-unsaturated/α-hetero) is 1. The van der Waals surface area contributed by atoms with E-state index in [4.69, 9.17) is 16.3 Å². The molecule has 4 rings (SSSR count). The minimum atomic E-state index is -0.958. The molecule has 0 saturated carbocycles. The number of carbonyl (C=O) groups excluding carboxylic acids is 3. The minimum Gasteiger partial charge on any atom is -0.497 e. The Bertz CT molecular complexity index is 1060. The predicted molar refractivity (Wildman–Crippen MR) is 110 cm³/mol. The Morgan fingerprint density at radius 1 is 1.10 bits per heavy atom. The number of methoxy groups -OCH3 is 1. The Morgan fingerprint density at radius 2 is 1.79 bits per heavy atom. The highest BCUT2D eigenvalue weighted by atomic mass is 35.5. The standard InChI is InChI=1S/C21H18ClN3O4/c1-11-15(22)5-4-6-16(11)24-20(27)17-18(12(2)26)23-25(19(17)21(24)28)13-7-9-14(29-3)10-8-13/h4-10,17,19H,1-3H3/t17-,19+/m0/s1. The summed E-state index contributed by atoms with van der Waals surface area (Å²) >= 11 is 6.19. The Hall–Kier alpha value is -3.19. The van der Waals surface area contributed by atoms with Crippen LogP contribution in [0.15, 0.2) is 47.6 Å². The molecule has 29 heavy (non-hydrogen) atoms. The van der Waals surface area contributed by atoms with E-state index in [2.05, 4.69) is 5.10 Å². The number of carbonyl (C=O) groups is 3. The van der Waals surface area contributed by atoms with Crippen molar-refractivity contribution in [3.8, 4) is 5.75 Å². The number of imide groups is 1. The van der Waals surface area contributed by atoms with E-state index < -0.39 is 23.8 Å². The Kier molecular flexibility index (Phi) is 4.62. The first-order valence-corrected chi connectivity index (χ1v) is 9.38. The smallest absolute Gasteiger partial charge is 0.259 e. The van der Waals surface area contributed by atoms with Gasteiger partial charge in [-0.1, -0.05) is 17.7 Å². The van der Waals surface area contributed by atoms with Crippen molar-refractivity contribution < 1.29 is 19.1 Å². The SMILES string of the molecule is COc1ccc(N2N=C(C(C)=O)[C@@H]3C(=O)N(c4cccc(Cl)c4C)C(=O)[C@@H]32)cc1. The number of anilines is 2. The molecule has 8 heteroatoms. The molecule has 0 unspecified atom stereocenters. The van der Waals surface area contributed by atoms with Crippen LogP contribution in [-0.4, -0.2) is 36.5 Å². The summed E-state index contributed by atoms with van der Waals surface area (Å²) < 4.78 is 5.17. The van der Waals surface area contributed by atoms with Gasteiger partial charge in [0.05, 0.1) is 18.5 Å². The molecule has 2 atom stereocenters. The first-order valence-electron chi connectivity index (χ1n) is 9.00. The van der Waals surface area contributed by atoms with Crippen molar-refractivity contribution in [2.75, 3.05) is 17.0 Å². The van der Waals surface area contributed by atoms with Gasteiger partial charge >= 0.3 is 0 Å². The molecule has 0 radical (unpaired) electrons. The molecule has 0 N–H and O–H groups in total. The van der Waals surface area contributed by atoms with E-state index in [1.165, 1.54) is 11.9 Å². The average Bonchev–Trinajstić information content (AvgIpc) is 3.22. The number of ketones is 1. The molecular formula is C21H18ClN3O4. The van der Waals surface area contributed by atoms with Crippen LogP contribution in [0.25, 0.3) is 0 Å². The van der Waals surface area contributed by atoms with Gasteiger partial charge in [-0.15, -0.1) is 0 Å². The van der Waals surface area contributed by atoms with Crippen LogP contribution >= 0.6 is 11.6 Å². The zero-order chi connectivity index (χ0) is 20.9. The zero-order valence-corrected chi connectivity index (χ0v) is 16.8. The second kappa shape index (κ2) is 7.00. The molecular weight excluding hydrogens is 394 g/mol. The number of hydrogen-bond acceptors (Lipinski definition) is 6. The van der Waals surface area contributed by atoms with Crippen LogP contribution in [0.3, 0.4) is 0 Å². The Labute approximate surface area is 172 Å². The normalized spacial score (nSPS) is 20.8. The van der Waals surface area contributed by atoms with Crippen LogP contribution in [0.4, 0.5) is 11.4 Å². The third kappa shape index (κ3) is 2.89. The number of halogens is 1. The van der Waals surface area contributed by atoms with Crippen LogP contribution in [-0.2, 0) is 14.4 Å². The Balaban J connectivity index is 1.80. The molecule has 7 nitrogen and oxygen atoms in total. The molecule has 2 amide bonds. The second-order valence-corrected chi connectivity index (χ2v) is 7.31. The number of fused-ring (bicyclic) bond motifs is 1. The number of nitrogens with zero attached hydrogens (tertiary/aromatic N) is 3. The molecule has 1 saturated heterocycles. The van der Waals surface area contributed by atoms with Crippen molar-refractivity contribution in [3.05, 3.63) is 53.1 Å². The van der Waals surface area contributed by atoms with Gasteiger partial charge in [0, 0.05) is 11.9 Å². The van der Waals surface area contributed by atoms with Gasteiger partial charge in [-0.05, 0) is 48.9 Å². The Morgan fingerprint density at radius 3 is 2.41 bits per heavy atom. The predicted octanol–water partition coefficient (Wildman–Crippen LogP) is 2.98. The van der Waals surface area contributed by atoms with Gasteiger partial charge in [0.2, 0.25) is 5.91 Å². The van der Waals surface area contributed by atoms with Crippen LogP contribution in [0.1, 0.15) is 12.5 Å². The van der Waals surface area contributed by atoms with Gasteiger partial charge in [-0.2, -0.15) is 5.10 Å². The van der Waals surface area contributed by atoms with E-state index >= 15 is 0 Å². The van der Waals surface area contributed by atoms with Crippen LogP contribution in [0.2, 0.25) is 5.02 Å². The van der Waals surface area contributed by atoms with Gasteiger partial charge < -0.3 is 4.74 Å². The summed E-state index contributed by atoms with van der Waals surface area (Å²) in [6.07, 6.45) is 0. The number of amides is 2. The molecule has 0 bridgehead atoms. The summed E-state index contributed by atoms with van der Waals surface area (Å²) in [6.45, 7) is 3.09. The van der Waals surface area contributed by atoms with E-state index in [9.17, 15) is 14.4 Å². The highest BCUT2D eigenvalue weighted by Gasteiger charge is 2.58. The van der Waals surface area contributed by atoms with Gasteiger partial charge in [-0.3, -0.25) is 19.4 Å². The maximum atomic E-state index is 13.3. The zero-order valence-electron chi connectivity index (χ0n) is 16.0. The molecule has 0 spiro atoms. The van der Waals surface area contributed by atoms with Crippen molar-refractivity contribution in [1.82, 2.24) is 0 Å². The van der Waals surface area contributed by atoms with Gasteiger partial charge in [0.1, 0.15) is 23.4 Å². The maximum Gasteiger partial charge on any atom is 0.259 e. The van der Waals surface area contributed by atoms with E-state index in [0.29, 0.717) is 27.7 Å². The van der Waals surface area contributed by atoms with Crippen molar-refractivity contribution >= 4 is 46.3 Å². The monoisotopic (exact) mass is 411 g/mol. The lowest BCUT2D eigenvalue weighted by molar-refractivity contribution is -0.122.